The first-order chi connectivity index (χ1) is 14.8. The molecule has 0 fully saturated rings. The molecule has 0 spiro atoms. The number of nitrogens with one attached hydrogen (secondary N) is 2. The van der Waals surface area contributed by atoms with Crippen LogP contribution in [0.25, 0.3) is 11.6 Å². The summed E-state index contributed by atoms with van der Waals surface area (Å²) in [5, 5.41) is 12.0. The van der Waals surface area contributed by atoms with E-state index in [9.17, 15) is 12.8 Å². The maximum atomic E-state index is 14.1. The molecule has 31 heavy (non-hydrogen) atoms. The molecule has 0 atom stereocenters. The predicted octanol–water partition coefficient (Wildman–Crippen LogP) is 3.83. The first-order valence-corrected chi connectivity index (χ1v) is 11.2. The third-order valence-electron chi connectivity index (χ3n) is 3.89. The average molecular weight is 446 g/mol. The highest BCUT2D eigenvalue weighted by Crippen LogP contribution is 2.21. The van der Waals surface area contributed by atoms with Crippen molar-refractivity contribution in [1.29, 1.82) is 5.26 Å². The summed E-state index contributed by atoms with van der Waals surface area (Å²) in [7, 11) is -3.47. The monoisotopic (exact) mass is 445 g/mol. The fourth-order valence-corrected chi connectivity index (χ4v) is 3.69. The molecule has 1 aromatic heterocycles. The zero-order chi connectivity index (χ0) is 22.9. The molecule has 10 heteroatoms. The maximum absolute atomic E-state index is 14.1. The zero-order valence-corrected chi connectivity index (χ0v) is 18.2. The molecular formula is C21H24FN5O3S. The molecular weight excluding hydrogens is 421 g/mol. The lowest BCUT2D eigenvalue weighted by atomic mass is 10.1. The fraction of sp³-hybridized carbons (Fsp3) is 0.286. The average Bonchev–Trinajstić information content (AvgIpc) is 2.73. The van der Waals surface area contributed by atoms with Crippen molar-refractivity contribution in [2.45, 2.75) is 20.3 Å². The van der Waals surface area contributed by atoms with E-state index in [2.05, 4.69) is 26.6 Å². The van der Waals surface area contributed by atoms with E-state index in [0.29, 0.717) is 24.4 Å². The van der Waals surface area contributed by atoms with Gasteiger partial charge in [0.2, 0.25) is 15.9 Å². The Balaban J connectivity index is 2.12. The minimum Gasteiger partial charge on any atom is -0.477 e. The summed E-state index contributed by atoms with van der Waals surface area (Å²) in [5.74, 6) is -0.255. The van der Waals surface area contributed by atoms with Crippen LogP contribution < -0.4 is 14.8 Å². The van der Waals surface area contributed by atoms with Crippen LogP contribution in [0.4, 0.5) is 15.8 Å². The van der Waals surface area contributed by atoms with E-state index in [1.54, 1.807) is 19.1 Å². The Hall–Kier alpha value is -3.45. The number of rotatable bonds is 11. The second-order valence-corrected chi connectivity index (χ2v) is 8.21. The van der Waals surface area contributed by atoms with Crippen LogP contribution in [-0.4, -0.2) is 37.3 Å². The van der Waals surface area contributed by atoms with Crippen molar-refractivity contribution in [2.24, 2.45) is 0 Å². The molecule has 0 radical (unpaired) electrons. The Labute approximate surface area is 181 Å². The number of benzene rings is 1. The van der Waals surface area contributed by atoms with Gasteiger partial charge in [0.1, 0.15) is 17.6 Å². The van der Waals surface area contributed by atoms with Gasteiger partial charge in [0.25, 0.3) is 0 Å². The smallest absolute Gasteiger partial charge is 0.232 e. The molecule has 0 saturated carbocycles. The lowest BCUT2D eigenvalue weighted by Crippen LogP contribution is -2.16. The first-order valence-electron chi connectivity index (χ1n) is 9.59. The SMILES string of the molecule is C=C(C#N)c1nc(OCC)cnc1/C=C\CNc1cc(NS(=O)(=O)CCC)ccc1F. The van der Waals surface area contributed by atoms with Gasteiger partial charge >= 0.3 is 0 Å². The highest BCUT2D eigenvalue weighted by atomic mass is 32.2. The summed E-state index contributed by atoms with van der Waals surface area (Å²) in [5.41, 5.74) is 1.26. The Kier molecular flexibility index (Phi) is 8.52. The Bertz CT molecular complexity index is 1110. The summed E-state index contributed by atoms with van der Waals surface area (Å²) in [6.07, 6.45) is 5.21. The number of sulfonamides is 1. The van der Waals surface area contributed by atoms with Gasteiger partial charge in [-0.25, -0.2) is 22.8 Å². The molecule has 2 rings (SSSR count). The standard InChI is InChI=1S/C21H24FN5O3S/c1-4-11-31(28,29)27-16-8-9-17(22)19(12-16)24-10-6-7-18-21(15(3)13-23)26-20(14-25-18)30-5-2/h6-9,12,14,24,27H,3-5,10-11H2,1-2H3/b7-6-. The second-order valence-electron chi connectivity index (χ2n) is 6.36. The van der Waals surface area contributed by atoms with Gasteiger partial charge in [-0.1, -0.05) is 19.6 Å². The Morgan fingerprint density at radius 2 is 2.16 bits per heavy atom. The molecule has 0 aliphatic rings. The van der Waals surface area contributed by atoms with Crippen molar-refractivity contribution in [1.82, 2.24) is 9.97 Å². The number of halogens is 1. The lowest BCUT2D eigenvalue weighted by Gasteiger charge is -2.10. The van der Waals surface area contributed by atoms with Gasteiger partial charge in [-0.2, -0.15) is 5.26 Å². The number of anilines is 2. The first kappa shape index (κ1) is 23.8. The minimum atomic E-state index is -3.47. The fourth-order valence-electron chi connectivity index (χ4n) is 2.56. The highest BCUT2D eigenvalue weighted by Gasteiger charge is 2.11. The highest BCUT2D eigenvalue weighted by molar-refractivity contribution is 7.92. The third-order valence-corrected chi connectivity index (χ3v) is 5.38. The zero-order valence-electron chi connectivity index (χ0n) is 17.4. The predicted molar refractivity (Wildman–Crippen MR) is 119 cm³/mol. The van der Waals surface area contributed by atoms with Crippen LogP contribution in [0.2, 0.25) is 0 Å². The van der Waals surface area contributed by atoms with E-state index in [-0.39, 0.29) is 35.1 Å². The molecule has 8 nitrogen and oxygen atoms in total. The van der Waals surface area contributed by atoms with Crippen molar-refractivity contribution in [3.63, 3.8) is 0 Å². The van der Waals surface area contributed by atoms with E-state index in [1.807, 2.05) is 13.0 Å². The second kappa shape index (κ2) is 11.1. The number of hydrogen-bond acceptors (Lipinski definition) is 7. The van der Waals surface area contributed by atoms with Crippen LogP contribution in [0.3, 0.4) is 0 Å². The lowest BCUT2D eigenvalue weighted by molar-refractivity contribution is 0.325. The van der Waals surface area contributed by atoms with Crippen LogP contribution in [0.15, 0.2) is 37.1 Å². The summed E-state index contributed by atoms with van der Waals surface area (Å²) >= 11 is 0. The number of allylic oxidation sites excluding steroid dienone is 1. The molecule has 164 valence electrons. The molecule has 0 aliphatic heterocycles. The van der Waals surface area contributed by atoms with Gasteiger partial charge in [0, 0.05) is 6.54 Å². The van der Waals surface area contributed by atoms with Gasteiger partial charge in [0.05, 0.1) is 41.2 Å². The van der Waals surface area contributed by atoms with E-state index in [4.69, 9.17) is 10.00 Å². The maximum Gasteiger partial charge on any atom is 0.232 e. The Morgan fingerprint density at radius 3 is 2.84 bits per heavy atom. The van der Waals surface area contributed by atoms with Gasteiger partial charge in [0.15, 0.2) is 0 Å². The van der Waals surface area contributed by atoms with E-state index >= 15 is 0 Å². The van der Waals surface area contributed by atoms with E-state index in [1.165, 1.54) is 24.4 Å². The van der Waals surface area contributed by atoms with Crippen LogP contribution in [-0.2, 0) is 10.0 Å². The van der Waals surface area contributed by atoms with Crippen molar-refractivity contribution in [3.05, 3.63) is 54.3 Å². The van der Waals surface area contributed by atoms with Crippen molar-refractivity contribution in [2.75, 3.05) is 28.9 Å². The van der Waals surface area contributed by atoms with Crippen LogP contribution >= 0.6 is 0 Å². The quantitative estimate of drug-likeness (QED) is 0.505. The van der Waals surface area contributed by atoms with E-state index < -0.39 is 15.8 Å². The van der Waals surface area contributed by atoms with E-state index in [0.717, 1.165) is 0 Å². The van der Waals surface area contributed by atoms with Crippen molar-refractivity contribution < 1.29 is 17.5 Å². The van der Waals surface area contributed by atoms with Crippen LogP contribution in [0.5, 0.6) is 5.88 Å². The number of hydrogen-bond donors (Lipinski definition) is 2. The third kappa shape index (κ3) is 7.08. The minimum absolute atomic E-state index is 0.0185. The molecule has 0 bridgehead atoms. The molecule has 0 saturated heterocycles. The van der Waals surface area contributed by atoms with Gasteiger partial charge in [-0.05, 0) is 37.6 Å². The molecule has 0 unspecified atom stereocenters. The summed E-state index contributed by atoms with van der Waals surface area (Å²) in [6.45, 7) is 7.86. The van der Waals surface area contributed by atoms with Crippen molar-refractivity contribution in [3.8, 4) is 11.9 Å². The molecule has 1 heterocycles. The number of aromatic nitrogens is 2. The van der Waals surface area contributed by atoms with Crippen molar-refractivity contribution >= 4 is 33.0 Å². The Morgan fingerprint density at radius 1 is 1.39 bits per heavy atom. The van der Waals surface area contributed by atoms with Crippen LogP contribution in [0, 0.1) is 17.1 Å². The molecule has 2 N–H and O–H groups in total. The number of nitrogens with zero attached hydrogens (tertiary/aromatic N) is 3. The summed E-state index contributed by atoms with van der Waals surface area (Å²) in [4.78, 5) is 8.48. The molecule has 2 aromatic rings. The van der Waals surface area contributed by atoms with Gasteiger partial charge < -0.3 is 10.1 Å². The summed E-state index contributed by atoms with van der Waals surface area (Å²) in [6, 6.07) is 5.87. The number of nitriles is 1. The van der Waals surface area contributed by atoms with Crippen LogP contribution in [0.1, 0.15) is 31.7 Å². The molecule has 1 aromatic carbocycles. The normalized spacial score (nSPS) is 11.2. The number of ether oxygens (including phenoxy) is 1. The largest absolute Gasteiger partial charge is 0.477 e. The van der Waals surface area contributed by atoms with Gasteiger partial charge in [-0.15, -0.1) is 0 Å². The topological polar surface area (TPSA) is 117 Å². The van der Waals surface area contributed by atoms with Gasteiger partial charge in [-0.3, -0.25) is 4.72 Å². The molecule has 0 aliphatic carbocycles. The molecule has 0 amide bonds. The summed E-state index contributed by atoms with van der Waals surface area (Å²) < 4.78 is 45.6.